The van der Waals surface area contributed by atoms with Crippen molar-refractivity contribution in [2.24, 2.45) is 0 Å². The van der Waals surface area contributed by atoms with Crippen molar-refractivity contribution in [3.05, 3.63) is 29.1 Å². The monoisotopic (exact) mass is 190 g/mol. The Hall–Kier alpha value is -1.38. The predicted molar refractivity (Wildman–Crippen MR) is 53.9 cm³/mol. The first-order valence-corrected chi connectivity index (χ1v) is 4.92. The number of hydrogen-bond donors (Lipinski definition) is 1. The molecule has 0 radical (unpaired) electrons. The number of carbonyl (C=O) groups excluding carboxylic acids is 1. The van der Waals surface area contributed by atoms with Crippen LogP contribution in [0.5, 0.6) is 0 Å². The molecule has 1 amide bonds. The van der Waals surface area contributed by atoms with Crippen LogP contribution in [-0.4, -0.2) is 10.9 Å². The normalized spacial score (nSPS) is 15.2. The van der Waals surface area contributed by atoms with E-state index in [0.29, 0.717) is 18.9 Å². The zero-order chi connectivity index (χ0) is 10.1. The van der Waals surface area contributed by atoms with Crippen LogP contribution in [0.25, 0.3) is 0 Å². The molecule has 0 aliphatic carbocycles. The van der Waals surface area contributed by atoms with Gasteiger partial charge in [0.15, 0.2) is 0 Å². The topological polar surface area (TPSA) is 42.0 Å². The first-order chi connectivity index (χ1) is 6.66. The van der Waals surface area contributed by atoms with Gasteiger partial charge in [-0.15, -0.1) is 0 Å². The molecule has 1 aliphatic heterocycles. The second kappa shape index (κ2) is 3.40. The summed E-state index contributed by atoms with van der Waals surface area (Å²) in [6, 6.07) is 4.11. The fourth-order valence-electron chi connectivity index (χ4n) is 1.59. The number of hydrogen-bond acceptors (Lipinski definition) is 2. The summed E-state index contributed by atoms with van der Waals surface area (Å²) in [6.07, 6.45) is 0.426. The third kappa shape index (κ3) is 1.62. The van der Waals surface area contributed by atoms with Crippen molar-refractivity contribution in [2.45, 2.75) is 32.7 Å². The standard InChI is InChI=1S/C11H14N2O/c1-7(2)9-4-3-8-6-12-11(14)5-10(8)13-9/h3-4,7H,5-6H2,1-2H3,(H,12,14). The Bertz CT molecular complexity index is 372. The lowest BCUT2D eigenvalue weighted by Gasteiger charge is -2.17. The maximum atomic E-state index is 11.2. The first-order valence-electron chi connectivity index (χ1n) is 4.92. The molecule has 0 saturated heterocycles. The highest BCUT2D eigenvalue weighted by Gasteiger charge is 2.16. The van der Waals surface area contributed by atoms with Crippen molar-refractivity contribution in [1.82, 2.24) is 10.3 Å². The van der Waals surface area contributed by atoms with Gasteiger partial charge in [-0.3, -0.25) is 9.78 Å². The van der Waals surface area contributed by atoms with Gasteiger partial charge in [-0.1, -0.05) is 19.9 Å². The molecule has 0 bridgehead atoms. The molecule has 0 aromatic carbocycles. The summed E-state index contributed by atoms with van der Waals surface area (Å²) < 4.78 is 0. The molecule has 1 aromatic rings. The second-order valence-electron chi connectivity index (χ2n) is 3.95. The van der Waals surface area contributed by atoms with E-state index in [1.165, 1.54) is 0 Å². The van der Waals surface area contributed by atoms with E-state index >= 15 is 0 Å². The number of fused-ring (bicyclic) bond motifs is 1. The molecule has 1 aliphatic rings. The summed E-state index contributed by atoms with van der Waals surface area (Å²) in [6.45, 7) is 4.84. The van der Waals surface area contributed by atoms with Crippen LogP contribution in [0.2, 0.25) is 0 Å². The largest absolute Gasteiger partial charge is 0.352 e. The first kappa shape index (κ1) is 9.19. The number of carbonyl (C=O) groups is 1. The van der Waals surface area contributed by atoms with E-state index in [2.05, 4.69) is 30.2 Å². The summed E-state index contributed by atoms with van der Waals surface area (Å²) in [5, 5.41) is 2.81. The van der Waals surface area contributed by atoms with Crippen LogP contribution in [0.1, 0.15) is 36.7 Å². The fourth-order valence-corrected chi connectivity index (χ4v) is 1.59. The van der Waals surface area contributed by atoms with Gasteiger partial charge >= 0.3 is 0 Å². The van der Waals surface area contributed by atoms with E-state index in [1.54, 1.807) is 0 Å². The molecule has 0 atom stereocenters. The molecule has 2 heterocycles. The molecule has 3 nitrogen and oxygen atoms in total. The van der Waals surface area contributed by atoms with Crippen LogP contribution in [0, 0.1) is 0 Å². The van der Waals surface area contributed by atoms with Crippen molar-refractivity contribution in [3.8, 4) is 0 Å². The van der Waals surface area contributed by atoms with E-state index in [-0.39, 0.29) is 5.91 Å². The summed E-state index contributed by atoms with van der Waals surface area (Å²) >= 11 is 0. The minimum absolute atomic E-state index is 0.0749. The van der Waals surface area contributed by atoms with E-state index in [0.717, 1.165) is 17.0 Å². The molecule has 1 aromatic heterocycles. The summed E-state index contributed by atoms with van der Waals surface area (Å²) in [5.41, 5.74) is 3.16. The average Bonchev–Trinajstić information content (AvgIpc) is 2.16. The molecule has 3 heteroatoms. The average molecular weight is 190 g/mol. The number of aromatic nitrogens is 1. The van der Waals surface area contributed by atoms with Gasteiger partial charge < -0.3 is 5.32 Å². The van der Waals surface area contributed by atoms with E-state index in [4.69, 9.17) is 0 Å². The van der Waals surface area contributed by atoms with Crippen LogP contribution < -0.4 is 5.32 Å². The Morgan fingerprint density at radius 1 is 1.43 bits per heavy atom. The lowest BCUT2D eigenvalue weighted by Crippen LogP contribution is -2.31. The lowest BCUT2D eigenvalue weighted by molar-refractivity contribution is -0.121. The van der Waals surface area contributed by atoms with Crippen molar-refractivity contribution in [1.29, 1.82) is 0 Å². The molecular weight excluding hydrogens is 176 g/mol. The van der Waals surface area contributed by atoms with E-state index in [9.17, 15) is 4.79 Å². The van der Waals surface area contributed by atoms with Gasteiger partial charge in [0, 0.05) is 12.2 Å². The third-order valence-corrected chi connectivity index (χ3v) is 2.49. The van der Waals surface area contributed by atoms with Crippen LogP contribution >= 0.6 is 0 Å². The maximum absolute atomic E-state index is 11.2. The molecule has 0 saturated carbocycles. The Balaban J connectivity index is 2.37. The summed E-state index contributed by atoms with van der Waals surface area (Å²) in [4.78, 5) is 15.7. The summed E-state index contributed by atoms with van der Waals surface area (Å²) in [7, 11) is 0. The zero-order valence-electron chi connectivity index (χ0n) is 8.50. The van der Waals surface area contributed by atoms with Crippen LogP contribution in [0.3, 0.4) is 0 Å². The Labute approximate surface area is 83.5 Å². The number of nitrogens with zero attached hydrogens (tertiary/aromatic N) is 1. The molecule has 0 fully saturated rings. The quantitative estimate of drug-likeness (QED) is 0.726. The molecule has 1 N–H and O–H groups in total. The molecular formula is C11H14N2O. The Kier molecular flexibility index (Phi) is 2.23. The van der Waals surface area contributed by atoms with E-state index < -0.39 is 0 Å². The van der Waals surface area contributed by atoms with Crippen molar-refractivity contribution in [2.75, 3.05) is 0 Å². The lowest BCUT2D eigenvalue weighted by atomic mass is 10.0. The van der Waals surface area contributed by atoms with Crippen molar-refractivity contribution >= 4 is 5.91 Å². The van der Waals surface area contributed by atoms with Gasteiger partial charge in [-0.05, 0) is 17.5 Å². The highest BCUT2D eigenvalue weighted by Crippen LogP contribution is 2.17. The maximum Gasteiger partial charge on any atom is 0.226 e. The molecule has 0 unspecified atom stereocenters. The zero-order valence-corrected chi connectivity index (χ0v) is 8.50. The van der Waals surface area contributed by atoms with Crippen LogP contribution in [0.4, 0.5) is 0 Å². The molecule has 0 spiro atoms. The SMILES string of the molecule is CC(C)c1ccc2c(n1)CC(=O)NC2. The van der Waals surface area contributed by atoms with Gasteiger partial charge in [0.25, 0.3) is 0 Å². The smallest absolute Gasteiger partial charge is 0.226 e. The van der Waals surface area contributed by atoms with E-state index in [1.807, 2.05) is 6.07 Å². The fraction of sp³-hybridized carbons (Fsp3) is 0.455. The highest BCUT2D eigenvalue weighted by molar-refractivity contribution is 5.80. The predicted octanol–water partition coefficient (Wildman–Crippen LogP) is 1.38. The summed E-state index contributed by atoms with van der Waals surface area (Å²) in [5.74, 6) is 0.496. The van der Waals surface area contributed by atoms with Crippen molar-refractivity contribution < 1.29 is 4.79 Å². The minimum atomic E-state index is 0.0749. The Morgan fingerprint density at radius 2 is 2.21 bits per heavy atom. The third-order valence-electron chi connectivity index (χ3n) is 2.49. The van der Waals surface area contributed by atoms with Crippen LogP contribution in [-0.2, 0) is 17.8 Å². The number of nitrogens with one attached hydrogen (secondary N) is 1. The van der Waals surface area contributed by atoms with Gasteiger partial charge in [0.2, 0.25) is 5.91 Å². The van der Waals surface area contributed by atoms with Gasteiger partial charge in [0.1, 0.15) is 0 Å². The van der Waals surface area contributed by atoms with Crippen molar-refractivity contribution in [3.63, 3.8) is 0 Å². The van der Waals surface area contributed by atoms with Gasteiger partial charge in [-0.25, -0.2) is 0 Å². The molecule has 2 rings (SSSR count). The molecule has 74 valence electrons. The highest BCUT2D eigenvalue weighted by atomic mass is 16.1. The minimum Gasteiger partial charge on any atom is -0.352 e. The van der Waals surface area contributed by atoms with Crippen LogP contribution in [0.15, 0.2) is 12.1 Å². The number of rotatable bonds is 1. The van der Waals surface area contributed by atoms with Gasteiger partial charge in [0.05, 0.1) is 12.1 Å². The number of pyridine rings is 1. The number of amides is 1. The Morgan fingerprint density at radius 3 is 2.93 bits per heavy atom. The van der Waals surface area contributed by atoms with Gasteiger partial charge in [-0.2, -0.15) is 0 Å². The second-order valence-corrected chi connectivity index (χ2v) is 3.95. The molecule has 14 heavy (non-hydrogen) atoms.